The van der Waals surface area contributed by atoms with E-state index in [0.29, 0.717) is 13.0 Å². The summed E-state index contributed by atoms with van der Waals surface area (Å²) < 4.78 is 0. The second-order valence-electron chi connectivity index (χ2n) is 7.34. The van der Waals surface area contributed by atoms with E-state index >= 15 is 0 Å². The molecule has 0 radical (unpaired) electrons. The third-order valence-corrected chi connectivity index (χ3v) is 5.57. The van der Waals surface area contributed by atoms with Crippen molar-refractivity contribution in [3.05, 3.63) is 11.6 Å². The number of nitrogens with zero attached hydrogens (tertiary/aromatic N) is 2. The lowest BCUT2D eigenvalue weighted by molar-refractivity contribution is -0.135. The summed E-state index contributed by atoms with van der Waals surface area (Å²) in [6.07, 6.45) is 13.4. The predicted octanol–water partition coefficient (Wildman–Crippen LogP) is 3.13. The van der Waals surface area contributed by atoms with Gasteiger partial charge in [0, 0.05) is 32.6 Å². The zero-order valence-electron chi connectivity index (χ0n) is 14.3. The van der Waals surface area contributed by atoms with Gasteiger partial charge in [-0.1, -0.05) is 24.5 Å². The fraction of sp³-hybridized carbons (Fsp3) is 0.789. The number of amides is 2. The van der Waals surface area contributed by atoms with Crippen molar-refractivity contribution in [1.29, 1.82) is 0 Å². The molecule has 3 aliphatic rings. The van der Waals surface area contributed by atoms with Gasteiger partial charge in [0.2, 0.25) is 11.8 Å². The summed E-state index contributed by atoms with van der Waals surface area (Å²) in [6, 6.07) is 0. The number of hydrogen-bond donors (Lipinski definition) is 0. The van der Waals surface area contributed by atoms with Gasteiger partial charge < -0.3 is 9.80 Å². The van der Waals surface area contributed by atoms with E-state index in [2.05, 4.69) is 6.08 Å². The standard InChI is InChI=1S/C19H30N2O2/c22-18-14-17(19(23)20-11-6-1-2-7-12-20)15-21(18)13-10-16-8-4-3-5-9-16/h8,17H,1-7,9-15H2. The molecular weight excluding hydrogens is 288 g/mol. The third kappa shape index (κ3) is 4.36. The van der Waals surface area contributed by atoms with E-state index in [1.165, 1.54) is 44.1 Å². The lowest BCUT2D eigenvalue weighted by atomic mass is 9.97. The van der Waals surface area contributed by atoms with Crippen molar-refractivity contribution in [2.45, 2.75) is 64.2 Å². The van der Waals surface area contributed by atoms with E-state index < -0.39 is 0 Å². The van der Waals surface area contributed by atoms with Gasteiger partial charge in [-0.25, -0.2) is 0 Å². The van der Waals surface area contributed by atoms with Gasteiger partial charge in [0.1, 0.15) is 0 Å². The van der Waals surface area contributed by atoms with Crippen molar-refractivity contribution in [2.75, 3.05) is 26.2 Å². The summed E-state index contributed by atoms with van der Waals surface area (Å²) in [5, 5.41) is 0. The molecule has 2 amide bonds. The lowest BCUT2D eigenvalue weighted by Crippen LogP contribution is -2.38. The SMILES string of the molecule is O=C1CC(C(=O)N2CCCCCC2)CN1CCC1=CCCCC1. The van der Waals surface area contributed by atoms with Crippen LogP contribution < -0.4 is 0 Å². The van der Waals surface area contributed by atoms with Crippen LogP contribution in [-0.4, -0.2) is 47.8 Å². The summed E-state index contributed by atoms with van der Waals surface area (Å²) in [4.78, 5) is 28.9. The Labute approximate surface area is 139 Å². The maximum absolute atomic E-state index is 12.7. The molecule has 1 aliphatic carbocycles. The first-order valence-electron chi connectivity index (χ1n) is 9.48. The second-order valence-corrected chi connectivity index (χ2v) is 7.34. The Kier molecular flexibility index (Phi) is 5.74. The van der Waals surface area contributed by atoms with Crippen molar-refractivity contribution in [3.63, 3.8) is 0 Å². The first-order chi connectivity index (χ1) is 11.2. The molecule has 0 spiro atoms. The fourth-order valence-corrected chi connectivity index (χ4v) is 4.11. The Morgan fingerprint density at radius 3 is 2.57 bits per heavy atom. The van der Waals surface area contributed by atoms with Crippen LogP contribution in [0.25, 0.3) is 0 Å². The van der Waals surface area contributed by atoms with Gasteiger partial charge in [-0.2, -0.15) is 0 Å². The quantitative estimate of drug-likeness (QED) is 0.747. The van der Waals surface area contributed by atoms with Crippen LogP contribution in [0.3, 0.4) is 0 Å². The Balaban J connectivity index is 1.50. The highest BCUT2D eigenvalue weighted by molar-refractivity contribution is 5.89. The predicted molar refractivity (Wildman–Crippen MR) is 90.9 cm³/mol. The molecule has 4 heteroatoms. The van der Waals surface area contributed by atoms with E-state index in [0.717, 1.165) is 38.9 Å². The van der Waals surface area contributed by atoms with Crippen LogP contribution in [-0.2, 0) is 9.59 Å². The number of carbonyl (C=O) groups excluding carboxylic acids is 2. The van der Waals surface area contributed by atoms with Crippen LogP contribution in [0.5, 0.6) is 0 Å². The molecule has 1 unspecified atom stereocenters. The summed E-state index contributed by atoms with van der Waals surface area (Å²) in [7, 11) is 0. The van der Waals surface area contributed by atoms with Crippen LogP contribution >= 0.6 is 0 Å². The zero-order valence-corrected chi connectivity index (χ0v) is 14.3. The smallest absolute Gasteiger partial charge is 0.227 e. The van der Waals surface area contributed by atoms with E-state index in [1.807, 2.05) is 9.80 Å². The maximum Gasteiger partial charge on any atom is 0.227 e. The molecule has 2 heterocycles. The number of rotatable bonds is 4. The molecule has 2 saturated heterocycles. The first kappa shape index (κ1) is 16.5. The van der Waals surface area contributed by atoms with Gasteiger partial charge in [0.15, 0.2) is 0 Å². The first-order valence-corrected chi connectivity index (χ1v) is 9.48. The maximum atomic E-state index is 12.7. The van der Waals surface area contributed by atoms with Gasteiger partial charge in [0.05, 0.1) is 5.92 Å². The third-order valence-electron chi connectivity index (χ3n) is 5.57. The molecule has 128 valence electrons. The van der Waals surface area contributed by atoms with Crippen LogP contribution in [0.4, 0.5) is 0 Å². The summed E-state index contributed by atoms with van der Waals surface area (Å²) in [5.41, 5.74) is 1.51. The van der Waals surface area contributed by atoms with E-state index in [-0.39, 0.29) is 17.7 Å². The Bertz CT molecular complexity index is 464. The summed E-state index contributed by atoms with van der Waals surface area (Å²) in [5.74, 6) is 0.301. The molecule has 0 aromatic heterocycles. The van der Waals surface area contributed by atoms with Crippen molar-refractivity contribution in [3.8, 4) is 0 Å². The minimum absolute atomic E-state index is 0.0964. The molecule has 23 heavy (non-hydrogen) atoms. The normalized spacial score (nSPS) is 26.2. The minimum atomic E-state index is -0.0964. The fourth-order valence-electron chi connectivity index (χ4n) is 4.11. The molecule has 3 rings (SSSR count). The van der Waals surface area contributed by atoms with Gasteiger partial charge in [-0.3, -0.25) is 9.59 Å². The molecule has 2 aliphatic heterocycles. The number of allylic oxidation sites excluding steroid dienone is 1. The molecule has 4 nitrogen and oxygen atoms in total. The van der Waals surface area contributed by atoms with Crippen molar-refractivity contribution < 1.29 is 9.59 Å². The largest absolute Gasteiger partial charge is 0.342 e. The number of carbonyl (C=O) groups is 2. The Morgan fingerprint density at radius 1 is 1.09 bits per heavy atom. The number of likely N-dealkylation sites (tertiary alicyclic amines) is 2. The summed E-state index contributed by atoms with van der Waals surface area (Å²) in [6.45, 7) is 3.21. The topological polar surface area (TPSA) is 40.6 Å². The summed E-state index contributed by atoms with van der Waals surface area (Å²) >= 11 is 0. The second kappa shape index (κ2) is 7.98. The molecule has 0 bridgehead atoms. The highest BCUT2D eigenvalue weighted by Gasteiger charge is 2.36. The minimum Gasteiger partial charge on any atom is -0.342 e. The highest BCUT2D eigenvalue weighted by atomic mass is 16.2. The van der Waals surface area contributed by atoms with E-state index in [9.17, 15) is 9.59 Å². The van der Waals surface area contributed by atoms with Gasteiger partial charge in [0.25, 0.3) is 0 Å². The highest BCUT2D eigenvalue weighted by Crippen LogP contribution is 2.25. The lowest BCUT2D eigenvalue weighted by Gasteiger charge is -2.24. The van der Waals surface area contributed by atoms with E-state index in [4.69, 9.17) is 0 Å². The van der Waals surface area contributed by atoms with Gasteiger partial charge >= 0.3 is 0 Å². The van der Waals surface area contributed by atoms with Gasteiger partial charge in [-0.05, 0) is 44.9 Å². The molecule has 0 aromatic rings. The molecule has 0 saturated carbocycles. The molecule has 2 fully saturated rings. The molecule has 0 N–H and O–H groups in total. The van der Waals surface area contributed by atoms with Crippen LogP contribution in [0.1, 0.15) is 64.2 Å². The average Bonchev–Trinajstić information content (AvgIpc) is 2.78. The van der Waals surface area contributed by atoms with Crippen LogP contribution in [0.2, 0.25) is 0 Å². The van der Waals surface area contributed by atoms with Crippen molar-refractivity contribution >= 4 is 11.8 Å². The Morgan fingerprint density at radius 2 is 1.87 bits per heavy atom. The van der Waals surface area contributed by atoms with Gasteiger partial charge in [-0.15, -0.1) is 0 Å². The molecule has 0 aromatic carbocycles. The van der Waals surface area contributed by atoms with Crippen molar-refractivity contribution in [2.24, 2.45) is 5.92 Å². The molecular formula is C19H30N2O2. The average molecular weight is 318 g/mol. The van der Waals surface area contributed by atoms with E-state index in [1.54, 1.807) is 0 Å². The monoisotopic (exact) mass is 318 g/mol. The molecule has 1 atom stereocenters. The number of hydrogen-bond acceptors (Lipinski definition) is 2. The zero-order chi connectivity index (χ0) is 16.1. The van der Waals surface area contributed by atoms with Crippen LogP contribution in [0.15, 0.2) is 11.6 Å². The Hall–Kier alpha value is -1.32. The van der Waals surface area contributed by atoms with Crippen molar-refractivity contribution in [1.82, 2.24) is 9.80 Å². The van der Waals surface area contributed by atoms with Crippen LogP contribution in [0, 0.1) is 5.92 Å².